The molecule has 0 bridgehead atoms. The summed E-state index contributed by atoms with van der Waals surface area (Å²) in [5.74, 6) is 8.17. The number of ether oxygens (including phenoxy) is 2. The molecule has 0 heterocycles. The lowest BCUT2D eigenvalue weighted by Gasteiger charge is -2.25. The van der Waals surface area contributed by atoms with E-state index in [0.29, 0.717) is 17.9 Å². The molecule has 4 heteroatoms. The fourth-order valence-corrected chi connectivity index (χ4v) is 2.34. The topological polar surface area (TPSA) is 18.5 Å². The maximum absolute atomic E-state index is 6.10. The first kappa shape index (κ1) is 21.8. The van der Waals surface area contributed by atoms with Crippen LogP contribution in [0, 0.1) is 25.7 Å². The van der Waals surface area contributed by atoms with Gasteiger partial charge in [0.05, 0.1) is 47.8 Å². The number of hydrogen-bond acceptors (Lipinski definition) is 2. The van der Waals surface area contributed by atoms with Gasteiger partial charge in [0.25, 0.3) is 0 Å². The molecule has 2 aromatic rings. The molecule has 0 aromatic heterocycles. The zero-order valence-electron chi connectivity index (χ0n) is 18.6. The van der Waals surface area contributed by atoms with Gasteiger partial charge in [-0.25, -0.2) is 0 Å². The number of nitrogens with zero attached hydrogens (tertiary/aromatic N) is 2. The first-order valence-electron chi connectivity index (χ1n) is 9.53. The first-order valence-corrected chi connectivity index (χ1v) is 9.53. The van der Waals surface area contributed by atoms with Crippen molar-refractivity contribution in [3.8, 4) is 23.3 Å². The number of hydrogen-bond donors (Lipinski definition) is 0. The molecule has 0 aliphatic heterocycles. The standard InChI is InChI=1S/C24H34N2O2/c1-19-9-11-21(12-10-19)13-14-22-16-23(27-17-25(3,4)5)20(2)15-24(22)28-18-26(6,7)8/h9-12,15-16H,17-18H2,1-8H3/q+2. The van der Waals surface area contributed by atoms with Crippen molar-refractivity contribution in [2.24, 2.45) is 0 Å². The largest absolute Gasteiger partial charge is 0.445 e. The lowest BCUT2D eigenvalue weighted by atomic mass is 10.1. The Hall–Kier alpha value is -2.48. The van der Waals surface area contributed by atoms with Gasteiger partial charge in [0, 0.05) is 11.6 Å². The summed E-state index contributed by atoms with van der Waals surface area (Å²) in [4.78, 5) is 0. The Kier molecular flexibility index (Phi) is 6.77. The highest BCUT2D eigenvalue weighted by Gasteiger charge is 2.15. The van der Waals surface area contributed by atoms with Crippen LogP contribution >= 0.6 is 0 Å². The van der Waals surface area contributed by atoms with Crippen molar-refractivity contribution < 1.29 is 18.4 Å². The minimum atomic E-state index is 0.567. The predicted molar refractivity (Wildman–Crippen MR) is 115 cm³/mol. The second kappa shape index (κ2) is 8.68. The summed E-state index contributed by atoms with van der Waals surface area (Å²) in [5.41, 5.74) is 4.10. The van der Waals surface area contributed by atoms with Crippen LogP contribution in [0.25, 0.3) is 0 Å². The van der Waals surface area contributed by atoms with E-state index in [1.807, 2.05) is 31.2 Å². The number of benzene rings is 2. The average molecular weight is 383 g/mol. The van der Waals surface area contributed by atoms with Crippen molar-refractivity contribution in [3.05, 3.63) is 58.7 Å². The van der Waals surface area contributed by atoms with E-state index < -0.39 is 0 Å². The fraction of sp³-hybridized carbons (Fsp3) is 0.417. The summed E-state index contributed by atoms with van der Waals surface area (Å²) >= 11 is 0. The Labute approximate surface area is 170 Å². The van der Waals surface area contributed by atoms with E-state index in [1.165, 1.54) is 5.56 Å². The van der Waals surface area contributed by atoms with Crippen LogP contribution in [0.15, 0.2) is 36.4 Å². The molecule has 0 aliphatic carbocycles. The lowest BCUT2D eigenvalue weighted by Crippen LogP contribution is -2.38. The van der Waals surface area contributed by atoms with Gasteiger partial charge in [-0.05, 0) is 37.6 Å². The normalized spacial score (nSPS) is 11.6. The van der Waals surface area contributed by atoms with Crippen molar-refractivity contribution in [3.63, 3.8) is 0 Å². The van der Waals surface area contributed by atoms with E-state index in [0.717, 1.165) is 32.7 Å². The summed E-state index contributed by atoms with van der Waals surface area (Å²) in [6.45, 7) is 5.27. The van der Waals surface area contributed by atoms with Gasteiger partial charge in [-0.1, -0.05) is 29.5 Å². The van der Waals surface area contributed by atoms with Crippen LogP contribution in [0.2, 0.25) is 0 Å². The molecule has 0 saturated heterocycles. The molecule has 0 aliphatic rings. The van der Waals surface area contributed by atoms with Gasteiger partial charge in [-0.3, -0.25) is 8.97 Å². The Morgan fingerprint density at radius 1 is 0.714 bits per heavy atom. The molecular weight excluding hydrogens is 348 g/mol. The van der Waals surface area contributed by atoms with E-state index in [1.54, 1.807) is 0 Å². The van der Waals surface area contributed by atoms with Crippen molar-refractivity contribution in [2.75, 3.05) is 55.7 Å². The summed E-state index contributed by atoms with van der Waals surface area (Å²) < 4.78 is 13.6. The number of rotatable bonds is 6. The minimum Gasteiger partial charge on any atom is -0.445 e. The van der Waals surface area contributed by atoms with Gasteiger partial charge in [-0.15, -0.1) is 0 Å². The van der Waals surface area contributed by atoms with Gasteiger partial charge in [0.1, 0.15) is 11.5 Å². The van der Waals surface area contributed by atoms with E-state index >= 15 is 0 Å². The molecule has 2 rings (SSSR count). The van der Waals surface area contributed by atoms with E-state index in [2.05, 4.69) is 73.2 Å². The second-order valence-electron chi connectivity index (χ2n) is 9.36. The van der Waals surface area contributed by atoms with Gasteiger partial charge < -0.3 is 9.47 Å². The van der Waals surface area contributed by atoms with E-state index in [4.69, 9.17) is 9.47 Å². The van der Waals surface area contributed by atoms with Gasteiger partial charge in [0.15, 0.2) is 0 Å². The summed E-state index contributed by atoms with van der Waals surface area (Å²) in [6.07, 6.45) is 0. The predicted octanol–water partition coefficient (Wildman–Crippen LogP) is 3.79. The molecule has 0 radical (unpaired) electrons. The average Bonchev–Trinajstić information content (AvgIpc) is 2.58. The van der Waals surface area contributed by atoms with Gasteiger partial charge in [0.2, 0.25) is 13.5 Å². The van der Waals surface area contributed by atoms with Crippen molar-refractivity contribution in [1.82, 2.24) is 0 Å². The van der Waals surface area contributed by atoms with Crippen molar-refractivity contribution in [1.29, 1.82) is 0 Å². The molecule has 0 unspecified atom stereocenters. The lowest BCUT2D eigenvalue weighted by molar-refractivity contribution is -0.886. The minimum absolute atomic E-state index is 0.567. The SMILES string of the molecule is Cc1ccc(C#Cc2cc(OC[N+](C)(C)C)c(C)cc2OC[N+](C)(C)C)cc1. The second-order valence-corrected chi connectivity index (χ2v) is 9.36. The highest BCUT2D eigenvalue weighted by Crippen LogP contribution is 2.29. The van der Waals surface area contributed by atoms with Gasteiger partial charge in [-0.2, -0.15) is 0 Å². The zero-order chi connectivity index (χ0) is 20.9. The summed E-state index contributed by atoms with van der Waals surface area (Å²) in [5, 5.41) is 0. The Morgan fingerprint density at radius 2 is 1.25 bits per heavy atom. The first-order chi connectivity index (χ1) is 12.9. The molecule has 0 amide bonds. The zero-order valence-corrected chi connectivity index (χ0v) is 18.6. The van der Waals surface area contributed by atoms with Crippen LogP contribution in [-0.4, -0.2) is 64.7 Å². The van der Waals surface area contributed by atoms with Crippen molar-refractivity contribution >= 4 is 0 Å². The third-order valence-electron chi connectivity index (χ3n) is 3.88. The Bertz CT molecular complexity index is 861. The smallest absolute Gasteiger partial charge is 0.223 e. The fourth-order valence-electron chi connectivity index (χ4n) is 2.34. The molecular formula is C24H34N2O2+2. The van der Waals surface area contributed by atoms with Crippen LogP contribution in [0.3, 0.4) is 0 Å². The van der Waals surface area contributed by atoms with Crippen LogP contribution in [-0.2, 0) is 0 Å². The molecule has 0 saturated carbocycles. The van der Waals surface area contributed by atoms with Gasteiger partial charge >= 0.3 is 0 Å². The molecule has 0 N–H and O–H groups in total. The quantitative estimate of drug-likeness (QED) is 0.430. The highest BCUT2D eigenvalue weighted by molar-refractivity contribution is 5.55. The summed E-state index contributed by atoms with van der Waals surface area (Å²) in [6, 6.07) is 12.2. The van der Waals surface area contributed by atoms with Crippen molar-refractivity contribution in [2.45, 2.75) is 13.8 Å². The maximum Gasteiger partial charge on any atom is 0.223 e. The van der Waals surface area contributed by atoms with E-state index in [-0.39, 0.29) is 0 Å². The third-order valence-corrected chi connectivity index (χ3v) is 3.88. The summed E-state index contributed by atoms with van der Waals surface area (Å²) in [7, 11) is 12.6. The van der Waals surface area contributed by atoms with Crippen LogP contribution < -0.4 is 9.47 Å². The Balaban J connectivity index is 2.38. The Morgan fingerprint density at radius 3 is 1.79 bits per heavy atom. The molecule has 0 fully saturated rings. The van der Waals surface area contributed by atoms with Crippen LogP contribution in [0.5, 0.6) is 11.5 Å². The maximum atomic E-state index is 6.10. The van der Waals surface area contributed by atoms with E-state index in [9.17, 15) is 0 Å². The molecule has 150 valence electrons. The van der Waals surface area contributed by atoms with Crippen LogP contribution in [0.4, 0.5) is 0 Å². The molecule has 0 atom stereocenters. The highest BCUT2D eigenvalue weighted by atomic mass is 16.5. The third kappa shape index (κ3) is 7.26. The molecule has 4 nitrogen and oxygen atoms in total. The number of quaternary nitrogens is 2. The van der Waals surface area contributed by atoms with Crippen LogP contribution in [0.1, 0.15) is 22.3 Å². The monoisotopic (exact) mass is 382 g/mol. The molecule has 0 spiro atoms. The molecule has 2 aromatic carbocycles. The molecule has 28 heavy (non-hydrogen) atoms. The number of aryl methyl sites for hydroxylation is 2.